The number of rotatable bonds is 2. The van der Waals surface area contributed by atoms with Crippen LogP contribution in [0.1, 0.15) is 121 Å². The number of benzene rings is 3. The second-order valence-electron chi connectivity index (χ2n) is 18.7. The highest BCUT2D eigenvalue weighted by molar-refractivity contribution is 7.25. The maximum absolute atomic E-state index is 2.61. The first-order valence-electron chi connectivity index (χ1n) is 21.3. The van der Waals surface area contributed by atoms with Crippen LogP contribution in [0.2, 0.25) is 0 Å². The summed E-state index contributed by atoms with van der Waals surface area (Å²) in [6, 6.07) is 26.1. The normalized spacial score (nSPS) is 41.5. The van der Waals surface area contributed by atoms with Crippen LogP contribution in [0, 0.1) is 71.0 Å². The van der Waals surface area contributed by atoms with Crippen molar-refractivity contribution in [3.63, 3.8) is 0 Å². The summed E-state index contributed by atoms with van der Waals surface area (Å²) in [5, 5.41) is 2.84. The van der Waals surface area contributed by atoms with Crippen molar-refractivity contribution in [2.75, 3.05) is 0 Å². The van der Waals surface area contributed by atoms with Crippen molar-refractivity contribution < 1.29 is 0 Å². The Hall–Kier alpha value is -2.12. The van der Waals surface area contributed by atoms with Gasteiger partial charge in [0.25, 0.3) is 0 Å². The van der Waals surface area contributed by atoms with Crippen LogP contribution in [0.4, 0.5) is 0 Å². The third-order valence-corrected chi connectivity index (χ3v) is 18.3. The summed E-state index contributed by atoms with van der Waals surface area (Å²) >= 11 is 1.93. The topological polar surface area (TPSA) is 0 Å². The third-order valence-electron chi connectivity index (χ3n) is 17.1. The van der Waals surface area contributed by atoms with E-state index in [0.29, 0.717) is 0 Å². The molecule has 0 N–H and O–H groups in total. The van der Waals surface area contributed by atoms with Gasteiger partial charge in [-0.1, -0.05) is 87.1 Å². The maximum atomic E-state index is 2.61. The summed E-state index contributed by atoms with van der Waals surface area (Å²) in [6.45, 7) is 0. The summed E-state index contributed by atoms with van der Waals surface area (Å²) in [6.07, 6.45) is 26.5. The maximum Gasteiger partial charge on any atom is 0.0355 e. The highest BCUT2D eigenvalue weighted by Gasteiger charge is 2.59. The van der Waals surface area contributed by atoms with Crippen LogP contribution in [-0.2, 0) is 0 Å². The summed E-state index contributed by atoms with van der Waals surface area (Å²) < 4.78 is 2.82. The van der Waals surface area contributed by atoms with Gasteiger partial charge in [-0.2, -0.15) is 0 Å². The average Bonchev–Trinajstić information content (AvgIpc) is 3.55. The molecule has 0 aliphatic heterocycles. The Bertz CT molecular complexity index is 1830. The first-order chi connectivity index (χ1) is 24.3. The molecule has 7 fully saturated rings. The second kappa shape index (κ2) is 12.2. The van der Waals surface area contributed by atoms with Gasteiger partial charge in [0.1, 0.15) is 0 Å². The Labute approximate surface area is 299 Å². The summed E-state index contributed by atoms with van der Waals surface area (Å²) in [4.78, 5) is 0. The molecule has 1 aromatic heterocycles. The minimum Gasteiger partial charge on any atom is -0.135 e. The van der Waals surface area contributed by atoms with Gasteiger partial charge in [-0.25, -0.2) is 0 Å². The lowest BCUT2D eigenvalue weighted by Crippen LogP contribution is -2.57. The van der Waals surface area contributed by atoms with E-state index in [4.69, 9.17) is 0 Å². The van der Waals surface area contributed by atoms with Gasteiger partial charge in [0.2, 0.25) is 0 Å². The van der Waals surface area contributed by atoms with E-state index in [0.717, 1.165) is 76.9 Å². The Morgan fingerprint density at radius 1 is 0.367 bits per heavy atom. The smallest absolute Gasteiger partial charge is 0.0355 e. The van der Waals surface area contributed by atoms with Crippen LogP contribution in [-0.4, -0.2) is 0 Å². The van der Waals surface area contributed by atoms with E-state index in [1.807, 2.05) is 11.3 Å². The first kappa shape index (κ1) is 30.5. The number of hydrogen-bond acceptors (Lipinski definition) is 1. The highest BCUT2D eigenvalue weighted by atomic mass is 32.1. The van der Waals surface area contributed by atoms with Crippen LogP contribution in [0.25, 0.3) is 31.3 Å². The van der Waals surface area contributed by atoms with Crippen molar-refractivity contribution >= 4 is 31.5 Å². The molecular formula is C48H58S. The van der Waals surface area contributed by atoms with Gasteiger partial charge in [-0.05, 0) is 182 Å². The molecule has 0 saturated heterocycles. The molecule has 49 heavy (non-hydrogen) atoms. The summed E-state index contributed by atoms with van der Waals surface area (Å²) in [5.41, 5.74) is 4.46. The predicted octanol–water partition coefficient (Wildman–Crippen LogP) is 13.9. The van der Waals surface area contributed by atoms with Crippen LogP contribution in [0.15, 0.2) is 66.7 Å². The van der Waals surface area contributed by atoms with E-state index >= 15 is 0 Å². The average molecular weight is 667 g/mol. The molecule has 0 nitrogen and oxygen atoms in total. The van der Waals surface area contributed by atoms with E-state index in [1.54, 1.807) is 82.6 Å². The molecule has 13 unspecified atom stereocenters. The second-order valence-corrected chi connectivity index (χ2v) is 19.8. The molecule has 7 aliphatic rings. The molecule has 1 heteroatoms. The van der Waals surface area contributed by atoms with E-state index in [-0.39, 0.29) is 0 Å². The molecule has 0 amide bonds. The standard InChI is InChI=1S/C48H58S/c1-3-14-35-33(12-1)34-13-2-4-15-36(34)43-28-45-39-22-20-31(25-41(39)37-16-5-6-17-38(37)44(45)27-42(35)43)29-10-9-11-30(24-29)32-21-23-48-46(26-32)40-18-7-8-19-47(40)49-48/h7-11,18-19,21,23-24,26,31,33-39,41-45H,1-6,12-17,20,22,25,27-28H2. The van der Waals surface area contributed by atoms with E-state index in [9.17, 15) is 0 Å². The van der Waals surface area contributed by atoms with Crippen molar-refractivity contribution in [2.24, 2.45) is 71.0 Å². The SMILES string of the molecule is c1cc(-c2ccc3sc4ccccc4c3c2)cc(C2CCC3C(C2)C2CCCCC2C2CC4C5CCCCC5C5CCCCC5C4CC32)c1. The minimum atomic E-state index is 0.753. The predicted molar refractivity (Wildman–Crippen MR) is 208 cm³/mol. The van der Waals surface area contributed by atoms with Crippen molar-refractivity contribution in [1.29, 1.82) is 0 Å². The Morgan fingerprint density at radius 3 is 1.51 bits per heavy atom. The van der Waals surface area contributed by atoms with Crippen LogP contribution in [0.5, 0.6) is 0 Å². The lowest BCUT2D eigenvalue weighted by atomic mass is 9.40. The van der Waals surface area contributed by atoms with Crippen molar-refractivity contribution in [3.8, 4) is 11.1 Å². The molecule has 3 aromatic carbocycles. The molecule has 11 rings (SSSR count). The molecule has 256 valence electrons. The Balaban J connectivity index is 0.887. The van der Waals surface area contributed by atoms with E-state index < -0.39 is 0 Å². The molecule has 1 heterocycles. The van der Waals surface area contributed by atoms with Gasteiger partial charge in [0, 0.05) is 20.2 Å². The van der Waals surface area contributed by atoms with Gasteiger partial charge in [-0.3, -0.25) is 0 Å². The molecule has 4 aromatic rings. The summed E-state index contributed by atoms with van der Waals surface area (Å²) in [5.74, 6) is 13.7. The molecule has 7 saturated carbocycles. The lowest BCUT2D eigenvalue weighted by molar-refractivity contribution is -0.155. The molecule has 7 aliphatic carbocycles. The van der Waals surface area contributed by atoms with Crippen LogP contribution >= 0.6 is 11.3 Å². The van der Waals surface area contributed by atoms with Gasteiger partial charge >= 0.3 is 0 Å². The number of thiophene rings is 1. The zero-order valence-corrected chi connectivity index (χ0v) is 30.6. The largest absolute Gasteiger partial charge is 0.135 e. The van der Waals surface area contributed by atoms with Gasteiger partial charge in [0.15, 0.2) is 0 Å². The fraction of sp³-hybridized carbons (Fsp3) is 0.625. The van der Waals surface area contributed by atoms with Crippen molar-refractivity contribution in [3.05, 3.63) is 72.3 Å². The third kappa shape index (κ3) is 4.93. The molecule has 13 atom stereocenters. The van der Waals surface area contributed by atoms with E-state index in [1.165, 1.54) is 63.4 Å². The van der Waals surface area contributed by atoms with Gasteiger partial charge in [-0.15, -0.1) is 11.3 Å². The molecular weight excluding hydrogens is 609 g/mol. The van der Waals surface area contributed by atoms with Crippen LogP contribution < -0.4 is 0 Å². The van der Waals surface area contributed by atoms with Crippen molar-refractivity contribution in [2.45, 2.75) is 115 Å². The highest BCUT2D eigenvalue weighted by Crippen LogP contribution is 2.67. The molecule has 0 spiro atoms. The Kier molecular flexibility index (Phi) is 7.62. The fourth-order valence-corrected chi connectivity index (χ4v) is 16.6. The first-order valence-corrected chi connectivity index (χ1v) is 22.1. The monoisotopic (exact) mass is 666 g/mol. The quantitative estimate of drug-likeness (QED) is 0.200. The van der Waals surface area contributed by atoms with Crippen LogP contribution in [0.3, 0.4) is 0 Å². The van der Waals surface area contributed by atoms with Crippen molar-refractivity contribution in [1.82, 2.24) is 0 Å². The number of fused-ring (bicyclic) bond motifs is 15. The fourth-order valence-electron chi connectivity index (χ4n) is 15.5. The summed E-state index contributed by atoms with van der Waals surface area (Å²) in [7, 11) is 0. The Morgan fingerprint density at radius 2 is 0.878 bits per heavy atom. The zero-order valence-electron chi connectivity index (χ0n) is 29.8. The molecule has 0 radical (unpaired) electrons. The van der Waals surface area contributed by atoms with E-state index in [2.05, 4.69) is 66.7 Å². The zero-order chi connectivity index (χ0) is 32.1. The lowest BCUT2D eigenvalue weighted by Gasteiger charge is -2.65. The van der Waals surface area contributed by atoms with Gasteiger partial charge in [0.05, 0.1) is 0 Å². The molecule has 0 bridgehead atoms. The number of hydrogen-bond donors (Lipinski definition) is 0. The minimum absolute atomic E-state index is 0.753. The van der Waals surface area contributed by atoms with Gasteiger partial charge < -0.3 is 0 Å².